The molecule has 4 heterocycles. The number of halogens is 3. The van der Waals surface area contributed by atoms with Crippen LogP contribution in [0.3, 0.4) is 0 Å². The van der Waals surface area contributed by atoms with Crippen molar-refractivity contribution in [2.45, 2.75) is 38.8 Å². The molecule has 0 fully saturated rings. The minimum Gasteiger partial charge on any atom is -0.355 e. The Morgan fingerprint density at radius 1 is 1.03 bits per heavy atom. The summed E-state index contributed by atoms with van der Waals surface area (Å²) in [7, 11) is 0. The van der Waals surface area contributed by atoms with Gasteiger partial charge in [0.2, 0.25) is 0 Å². The molecule has 1 N–H and O–H groups in total. The van der Waals surface area contributed by atoms with Crippen molar-refractivity contribution in [3.63, 3.8) is 0 Å². The Labute approximate surface area is 177 Å². The number of nitrogens with one attached hydrogen (secondary N) is 1. The van der Waals surface area contributed by atoms with Gasteiger partial charge < -0.3 is 10.2 Å². The molecule has 0 radical (unpaired) electrons. The molecule has 0 unspecified atom stereocenters. The van der Waals surface area contributed by atoms with Crippen LogP contribution in [0.5, 0.6) is 0 Å². The number of pyridine rings is 1. The number of fused-ring (bicyclic) bond motifs is 1. The molecule has 10 heteroatoms. The second-order valence-electron chi connectivity index (χ2n) is 7.59. The highest BCUT2D eigenvalue weighted by atomic mass is 19.4. The Balaban J connectivity index is 1.68. The lowest BCUT2D eigenvalue weighted by molar-refractivity contribution is -0.137. The number of aromatic nitrogens is 5. The average molecular weight is 429 g/mol. The van der Waals surface area contributed by atoms with E-state index in [0.29, 0.717) is 43.4 Å². The normalized spacial score (nSPS) is 14.3. The van der Waals surface area contributed by atoms with E-state index in [9.17, 15) is 13.2 Å². The smallest absolute Gasteiger partial charge is 0.355 e. The zero-order valence-electron chi connectivity index (χ0n) is 17.2. The zero-order valence-corrected chi connectivity index (χ0v) is 17.2. The van der Waals surface area contributed by atoms with Crippen molar-refractivity contribution in [1.29, 1.82) is 0 Å². The molecule has 1 aliphatic rings. The average Bonchev–Trinajstić information content (AvgIpc) is 2.97. The molecular weight excluding hydrogens is 407 g/mol. The topological polar surface area (TPSA) is 79.7 Å². The van der Waals surface area contributed by atoms with Gasteiger partial charge in [0.25, 0.3) is 0 Å². The fourth-order valence-electron chi connectivity index (χ4n) is 3.55. The third kappa shape index (κ3) is 4.57. The molecular formula is C21H22F3N7. The summed E-state index contributed by atoms with van der Waals surface area (Å²) >= 11 is 0. The first kappa shape index (κ1) is 21.0. The minimum atomic E-state index is -4.47. The van der Waals surface area contributed by atoms with Crippen LogP contribution in [0, 0.1) is 0 Å². The van der Waals surface area contributed by atoms with E-state index in [4.69, 9.17) is 4.98 Å². The first-order chi connectivity index (χ1) is 14.8. The van der Waals surface area contributed by atoms with Crippen LogP contribution in [-0.2, 0) is 19.0 Å². The molecule has 0 bridgehead atoms. The Hall–Kier alpha value is -3.30. The van der Waals surface area contributed by atoms with Crippen LogP contribution >= 0.6 is 0 Å². The maximum Gasteiger partial charge on any atom is 0.419 e. The standard InChI is InChI=1S/C21H22F3N7/c1-13(2)18-28-16-7-11-31(20-15(21(22,23)24)4-3-8-26-20)10-6-14(16)19(30-18)29-17-5-9-25-12-27-17/h3-5,8-9,12-13H,6-7,10-11H2,1-2H3,(H,25,27,28,29,30). The lowest BCUT2D eigenvalue weighted by Gasteiger charge is -2.24. The van der Waals surface area contributed by atoms with Crippen LogP contribution in [-0.4, -0.2) is 38.0 Å². The highest BCUT2D eigenvalue weighted by Gasteiger charge is 2.36. The van der Waals surface area contributed by atoms with E-state index in [1.165, 1.54) is 18.6 Å². The first-order valence-electron chi connectivity index (χ1n) is 10.0. The van der Waals surface area contributed by atoms with Gasteiger partial charge in [-0.1, -0.05) is 13.8 Å². The number of rotatable bonds is 4. The van der Waals surface area contributed by atoms with Gasteiger partial charge in [-0.3, -0.25) is 0 Å². The second-order valence-corrected chi connectivity index (χ2v) is 7.59. The number of alkyl halides is 3. The largest absolute Gasteiger partial charge is 0.419 e. The lowest BCUT2D eigenvalue weighted by Crippen LogP contribution is -2.29. The number of hydrogen-bond acceptors (Lipinski definition) is 7. The van der Waals surface area contributed by atoms with Gasteiger partial charge in [-0.25, -0.2) is 24.9 Å². The first-order valence-corrected chi connectivity index (χ1v) is 10.0. The SMILES string of the molecule is CC(C)c1nc2c(c(Nc3ccncn3)n1)CCN(c1ncccc1C(F)(F)F)CC2. The molecule has 0 aliphatic carbocycles. The lowest BCUT2D eigenvalue weighted by atomic mass is 10.1. The molecule has 0 saturated heterocycles. The molecule has 1 aliphatic heterocycles. The van der Waals surface area contributed by atoms with Crippen molar-refractivity contribution in [2.75, 3.05) is 23.3 Å². The van der Waals surface area contributed by atoms with Gasteiger partial charge in [0.05, 0.1) is 11.3 Å². The van der Waals surface area contributed by atoms with Crippen LogP contribution in [0.2, 0.25) is 0 Å². The van der Waals surface area contributed by atoms with Crippen molar-refractivity contribution in [2.24, 2.45) is 0 Å². The molecule has 0 saturated carbocycles. The van der Waals surface area contributed by atoms with E-state index < -0.39 is 11.7 Å². The molecule has 162 valence electrons. The van der Waals surface area contributed by atoms with Gasteiger partial charge in [-0.05, 0) is 24.6 Å². The van der Waals surface area contributed by atoms with Gasteiger partial charge >= 0.3 is 6.18 Å². The van der Waals surface area contributed by atoms with E-state index in [2.05, 4.69) is 25.3 Å². The van der Waals surface area contributed by atoms with Crippen LogP contribution in [0.15, 0.2) is 36.9 Å². The maximum atomic E-state index is 13.5. The zero-order chi connectivity index (χ0) is 22.0. The predicted octanol–water partition coefficient (Wildman–Crippen LogP) is 4.15. The number of hydrogen-bond donors (Lipinski definition) is 1. The van der Waals surface area contributed by atoms with Crippen molar-refractivity contribution in [3.8, 4) is 0 Å². The van der Waals surface area contributed by atoms with Gasteiger partial charge in [0.15, 0.2) is 0 Å². The summed E-state index contributed by atoms with van der Waals surface area (Å²) in [6.45, 7) is 4.76. The monoisotopic (exact) mass is 429 g/mol. The Bertz CT molecular complexity index is 1050. The van der Waals surface area contributed by atoms with Crippen LogP contribution in [0.25, 0.3) is 0 Å². The quantitative estimate of drug-likeness (QED) is 0.667. The maximum absolute atomic E-state index is 13.5. The van der Waals surface area contributed by atoms with E-state index in [1.807, 2.05) is 13.8 Å². The molecule has 31 heavy (non-hydrogen) atoms. The molecule has 3 aromatic heterocycles. The number of nitrogens with zero attached hydrogens (tertiary/aromatic N) is 6. The fourth-order valence-corrected chi connectivity index (χ4v) is 3.55. The highest BCUT2D eigenvalue weighted by Crippen LogP contribution is 2.36. The Morgan fingerprint density at radius 3 is 2.55 bits per heavy atom. The summed E-state index contributed by atoms with van der Waals surface area (Å²) in [5.41, 5.74) is 0.992. The summed E-state index contributed by atoms with van der Waals surface area (Å²) < 4.78 is 40.5. The van der Waals surface area contributed by atoms with Crippen molar-refractivity contribution in [3.05, 3.63) is 59.6 Å². The predicted molar refractivity (Wildman–Crippen MR) is 110 cm³/mol. The van der Waals surface area contributed by atoms with Gasteiger partial charge in [0, 0.05) is 43.4 Å². The van der Waals surface area contributed by atoms with E-state index in [-0.39, 0.29) is 11.7 Å². The number of anilines is 3. The summed E-state index contributed by atoms with van der Waals surface area (Å²) in [6, 6.07) is 4.11. The molecule has 0 atom stereocenters. The van der Waals surface area contributed by atoms with E-state index in [1.54, 1.807) is 17.2 Å². The van der Waals surface area contributed by atoms with Crippen molar-refractivity contribution >= 4 is 17.5 Å². The van der Waals surface area contributed by atoms with E-state index >= 15 is 0 Å². The fraction of sp³-hybridized carbons (Fsp3) is 0.381. The van der Waals surface area contributed by atoms with Gasteiger partial charge in [-0.15, -0.1) is 0 Å². The molecule has 0 aromatic carbocycles. The third-order valence-electron chi connectivity index (χ3n) is 5.10. The van der Waals surface area contributed by atoms with Gasteiger partial charge in [-0.2, -0.15) is 13.2 Å². The summed E-state index contributed by atoms with van der Waals surface area (Å²) in [6.07, 6.45) is 0.959. The molecule has 3 aromatic rings. The third-order valence-corrected chi connectivity index (χ3v) is 5.10. The Kier molecular flexibility index (Phi) is 5.71. The van der Waals surface area contributed by atoms with Crippen LogP contribution in [0.1, 0.15) is 42.4 Å². The van der Waals surface area contributed by atoms with Gasteiger partial charge in [0.1, 0.15) is 29.6 Å². The molecule has 0 spiro atoms. The highest BCUT2D eigenvalue weighted by molar-refractivity contribution is 5.58. The molecule has 4 rings (SSSR count). The summed E-state index contributed by atoms with van der Waals surface area (Å²) in [5, 5.41) is 3.23. The van der Waals surface area contributed by atoms with Crippen molar-refractivity contribution in [1.82, 2.24) is 24.9 Å². The van der Waals surface area contributed by atoms with Crippen LogP contribution < -0.4 is 10.2 Å². The summed E-state index contributed by atoms with van der Waals surface area (Å²) in [4.78, 5) is 23.2. The molecule has 7 nitrogen and oxygen atoms in total. The summed E-state index contributed by atoms with van der Waals surface area (Å²) in [5.74, 6) is 1.95. The van der Waals surface area contributed by atoms with Crippen LogP contribution in [0.4, 0.5) is 30.6 Å². The molecule has 0 amide bonds. The van der Waals surface area contributed by atoms with Crippen molar-refractivity contribution < 1.29 is 13.2 Å². The van der Waals surface area contributed by atoms with E-state index in [0.717, 1.165) is 17.3 Å². The second kappa shape index (κ2) is 8.44. The Morgan fingerprint density at radius 2 is 1.84 bits per heavy atom. The minimum absolute atomic E-state index is 0.0508.